The van der Waals surface area contributed by atoms with Gasteiger partial charge >= 0.3 is 0 Å². The molecule has 1 N–H and O–H groups in total. The topological polar surface area (TPSA) is 45.8 Å². The van der Waals surface area contributed by atoms with Crippen molar-refractivity contribution in [1.82, 2.24) is 9.97 Å². The van der Waals surface area contributed by atoms with Gasteiger partial charge in [-0.3, -0.25) is 9.78 Å². The van der Waals surface area contributed by atoms with Crippen LogP contribution in [0.2, 0.25) is 0 Å². The fourth-order valence-electron chi connectivity index (χ4n) is 2.64. The number of aryl methyl sites for hydroxylation is 1. The van der Waals surface area contributed by atoms with Crippen LogP contribution in [0.4, 0.5) is 0 Å². The van der Waals surface area contributed by atoms with Gasteiger partial charge in [-0.05, 0) is 31.0 Å². The lowest BCUT2D eigenvalue weighted by atomic mass is 9.99. The van der Waals surface area contributed by atoms with Crippen LogP contribution in [-0.2, 0) is 6.42 Å². The molecule has 0 unspecified atom stereocenters. The van der Waals surface area contributed by atoms with Crippen LogP contribution in [0.5, 0.6) is 0 Å². The van der Waals surface area contributed by atoms with Gasteiger partial charge < -0.3 is 4.98 Å². The van der Waals surface area contributed by atoms with Crippen LogP contribution in [0, 0.1) is 0 Å². The number of pyridine rings is 1. The number of hydrogen-bond donors (Lipinski definition) is 1. The highest BCUT2D eigenvalue weighted by atomic mass is 16.1. The Labute approximate surface area is 124 Å². The summed E-state index contributed by atoms with van der Waals surface area (Å²) in [5, 5.41) is 0.998. The molecular weight excluding hydrogens is 260 g/mol. The molecule has 1 aromatic carbocycles. The maximum Gasteiger partial charge on any atom is 0.197 e. The van der Waals surface area contributed by atoms with Gasteiger partial charge in [-0.25, -0.2) is 0 Å². The summed E-state index contributed by atoms with van der Waals surface area (Å²) in [6.45, 7) is 2.16. The fraction of sp³-hybridized carbons (Fsp3) is 0.222. The Kier molecular flexibility index (Phi) is 3.82. The van der Waals surface area contributed by atoms with Crippen molar-refractivity contribution in [3.05, 3.63) is 65.6 Å². The van der Waals surface area contributed by atoms with Crippen molar-refractivity contribution >= 4 is 16.7 Å². The maximum absolute atomic E-state index is 12.8. The molecule has 0 spiro atoms. The standard InChI is InChI=1S/C18H18N2O/c1-2-3-9-16-17(14-8-4-5-10-15(14)20-16)18(21)13-7-6-11-19-12-13/h4-8,10-12,20H,2-3,9H2,1H3. The van der Waals surface area contributed by atoms with Gasteiger partial charge in [-0.1, -0.05) is 31.5 Å². The third kappa shape index (κ3) is 2.59. The predicted octanol–water partition coefficient (Wildman–Crippen LogP) is 4.14. The monoisotopic (exact) mass is 278 g/mol. The van der Waals surface area contributed by atoms with Crippen molar-refractivity contribution < 1.29 is 4.79 Å². The Bertz CT molecular complexity index is 759. The van der Waals surface area contributed by atoms with E-state index < -0.39 is 0 Å². The van der Waals surface area contributed by atoms with E-state index in [2.05, 4.69) is 16.9 Å². The number of nitrogens with one attached hydrogen (secondary N) is 1. The fourth-order valence-corrected chi connectivity index (χ4v) is 2.64. The summed E-state index contributed by atoms with van der Waals surface area (Å²) in [5.74, 6) is 0.0478. The second-order valence-corrected chi connectivity index (χ2v) is 5.20. The average Bonchev–Trinajstić information content (AvgIpc) is 2.91. The molecule has 0 saturated carbocycles. The molecule has 106 valence electrons. The van der Waals surface area contributed by atoms with E-state index in [1.807, 2.05) is 30.3 Å². The van der Waals surface area contributed by atoms with Crippen LogP contribution >= 0.6 is 0 Å². The molecule has 0 radical (unpaired) electrons. The number of benzene rings is 1. The van der Waals surface area contributed by atoms with Crippen LogP contribution in [0.15, 0.2) is 48.8 Å². The summed E-state index contributed by atoms with van der Waals surface area (Å²) in [7, 11) is 0. The SMILES string of the molecule is CCCCc1[nH]c2ccccc2c1C(=O)c1cccnc1. The minimum absolute atomic E-state index is 0.0478. The van der Waals surface area contributed by atoms with Crippen LogP contribution in [0.25, 0.3) is 10.9 Å². The first kappa shape index (κ1) is 13.6. The number of nitrogens with zero attached hydrogens (tertiary/aromatic N) is 1. The predicted molar refractivity (Wildman–Crippen MR) is 84.6 cm³/mol. The smallest absolute Gasteiger partial charge is 0.197 e. The van der Waals surface area contributed by atoms with E-state index >= 15 is 0 Å². The number of rotatable bonds is 5. The molecule has 0 aliphatic rings. The molecule has 2 heterocycles. The molecule has 3 aromatic rings. The van der Waals surface area contributed by atoms with Crippen LogP contribution < -0.4 is 0 Å². The normalized spacial score (nSPS) is 10.9. The summed E-state index contributed by atoms with van der Waals surface area (Å²) < 4.78 is 0. The Morgan fingerprint density at radius 2 is 2.05 bits per heavy atom. The number of ketones is 1. The van der Waals surface area contributed by atoms with Crippen molar-refractivity contribution in [1.29, 1.82) is 0 Å². The Hall–Kier alpha value is -2.42. The average molecular weight is 278 g/mol. The molecule has 0 aliphatic carbocycles. The van der Waals surface area contributed by atoms with Gasteiger partial charge in [0.1, 0.15) is 0 Å². The summed E-state index contributed by atoms with van der Waals surface area (Å²) in [6.07, 6.45) is 6.39. The van der Waals surface area contributed by atoms with Crippen LogP contribution in [0.1, 0.15) is 41.4 Å². The van der Waals surface area contributed by atoms with Gasteiger partial charge in [0.2, 0.25) is 0 Å². The molecule has 0 atom stereocenters. The number of hydrogen-bond acceptors (Lipinski definition) is 2. The highest BCUT2D eigenvalue weighted by Gasteiger charge is 2.19. The number of carbonyl (C=O) groups is 1. The van der Waals surface area contributed by atoms with E-state index in [9.17, 15) is 4.79 Å². The Morgan fingerprint density at radius 1 is 1.19 bits per heavy atom. The minimum atomic E-state index is 0.0478. The Morgan fingerprint density at radius 3 is 2.81 bits per heavy atom. The number of carbonyl (C=O) groups excluding carboxylic acids is 1. The van der Waals surface area contributed by atoms with E-state index in [1.165, 1.54) is 0 Å². The second-order valence-electron chi connectivity index (χ2n) is 5.20. The number of para-hydroxylation sites is 1. The molecule has 3 rings (SSSR count). The van der Waals surface area contributed by atoms with Gasteiger partial charge in [0, 0.05) is 34.6 Å². The molecule has 0 fully saturated rings. The molecule has 0 bridgehead atoms. The molecule has 0 amide bonds. The molecule has 21 heavy (non-hydrogen) atoms. The first-order valence-corrected chi connectivity index (χ1v) is 7.35. The number of H-pyrrole nitrogens is 1. The number of unbranched alkanes of at least 4 members (excludes halogenated alkanes) is 1. The summed E-state index contributed by atoms with van der Waals surface area (Å²) in [6, 6.07) is 11.6. The lowest BCUT2D eigenvalue weighted by Gasteiger charge is -2.04. The van der Waals surface area contributed by atoms with Gasteiger partial charge in [-0.15, -0.1) is 0 Å². The van der Waals surface area contributed by atoms with Crippen molar-refractivity contribution in [3.8, 4) is 0 Å². The summed E-state index contributed by atoms with van der Waals surface area (Å²) in [5.41, 5.74) is 3.50. The van der Waals surface area contributed by atoms with E-state index in [0.29, 0.717) is 5.56 Å². The molecule has 2 aromatic heterocycles. The Balaban J connectivity index is 2.12. The summed E-state index contributed by atoms with van der Waals surface area (Å²) in [4.78, 5) is 20.3. The number of aromatic amines is 1. The zero-order valence-electron chi connectivity index (χ0n) is 12.1. The van der Waals surface area contributed by atoms with Crippen molar-refractivity contribution in [3.63, 3.8) is 0 Å². The zero-order chi connectivity index (χ0) is 14.7. The minimum Gasteiger partial charge on any atom is -0.358 e. The highest BCUT2D eigenvalue weighted by molar-refractivity contribution is 6.17. The quantitative estimate of drug-likeness (QED) is 0.713. The van der Waals surface area contributed by atoms with Crippen LogP contribution in [-0.4, -0.2) is 15.8 Å². The lowest BCUT2D eigenvalue weighted by molar-refractivity contribution is 0.103. The van der Waals surface area contributed by atoms with Crippen molar-refractivity contribution in [2.45, 2.75) is 26.2 Å². The lowest BCUT2D eigenvalue weighted by Crippen LogP contribution is -2.04. The zero-order valence-corrected chi connectivity index (χ0v) is 12.1. The largest absolute Gasteiger partial charge is 0.358 e. The first-order chi connectivity index (χ1) is 10.3. The van der Waals surface area contributed by atoms with Gasteiger partial charge in [0.05, 0.1) is 5.56 Å². The van der Waals surface area contributed by atoms with Crippen molar-refractivity contribution in [2.24, 2.45) is 0 Å². The highest BCUT2D eigenvalue weighted by Crippen LogP contribution is 2.26. The number of fused-ring (bicyclic) bond motifs is 1. The molecule has 3 heteroatoms. The van der Waals surface area contributed by atoms with Crippen molar-refractivity contribution in [2.75, 3.05) is 0 Å². The van der Waals surface area contributed by atoms with Gasteiger partial charge in [-0.2, -0.15) is 0 Å². The van der Waals surface area contributed by atoms with Crippen LogP contribution in [0.3, 0.4) is 0 Å². The molecule has 0 saturated heterocycles. The van der Waals surface area contributed by atoms with E-state index in [1.54, 1.807) is 18.5 Å². The van der Waals surface area contributed by atoms with E-state index in [-0.39, 0.29) is 5.78 Å². The van der Waals surface area contributed by atoms with E-state index in [4.69, 9.17) is 0 Å². The maximum atomic E-state index is 12.8. The summed E-state index contributed by atoms with van der Waals surface area (Å²) >= 11 is 0. The first-order valence-electron chi connectivity index (χ1n) is 7.35. The third-order valence-electron chi connectivity index (χ3n) is 3.71. The molecule has 0 aliphatic heterocycles. The second kappa shape index (κ2) is 5.92. The number of aromatic nitrogens is 2. The molecule has 3 nitrogen and oxygen atoms in total. The van der Waals surface area contributed by atoms with Gasteiger partial charge in [0.15, 0.2) is 5.78 Å². The molecular formula is C18H18N2O. The van der Waals surface area contributed by atoms with E-state index in [0.717, 1.165) is 41.4 Å². The van der Waals surface area contributed by atoms with Gasteiger partial charge in [0.25, 0.3) is 0 Å². The third-order valence-corrected chi connectivity index (χ3v) is 3.71.